The van der Waals surface area contributed by atoms with E-state index in [0.717, 1.165) is 0 Å². The number of hydrogen-bond donors (Lipinski definition) is 2. The first-order valence-corrected chi connectivity index (χ1v) is 6.49. The Kier molecular flexibility index (Phi) is 6.01. The summed E-state index contributed by atoms with van der Waals surface area (Å²) < 4.78 is 38.0. The molecule has 2 unspecified atom stereocenters. The summed E-state index contributed by atoms with van der Waals surface area (Å²) in [6, 6.07) is 6.70. The molecule has 0 aromatic heterocycles. The van der Waals surface area contributed by atoms with Crippen molar-refractivity contribution in [3.63, 3.8) is 0 Å². The highest BCUT2D eigenvalue weighted by Gasteiger charge is 2.33. The fraction of sp³-hybridized carbons (Fsp3) is 0.500. The Bertz CT molecular complexity index is 420. The van der Waals surface area contributed by atoms with Crippen LogP contribution in [0, 0.1) is 0 Å². The van der Waals surface area contributed by atoms with Gasteiger partial charge in [0.2, 0.25) is 5.91 Å². The minimum atomic E-state index is -4.30. The van der Waals surface area contributed by atoms with Crippen LogP contribution >= 0.6 is 0 Å². The summed E-state index contributed by atoms with van der Waals surface area (Å²) in [6.07, 6.45) is -5.31. The summed E-state index contributed by atoms with van der Waals surface area (Å²) in [4.78, 5) is 11.6. The number of carbonyl (C=O) groups is 1. The topological polar surface area (TPSA) is 41.1 Å². The molecule has 1 aromatic rings. The van der Waals surface area contributed by atoms with Crippen molar-refractivity contribution in [2.24, 2.45) is 0 Å². The summed E-state index contributed by atoms with van der Waals surface area (Å²) in [5.74, 6) is -0.310. The third-order valence-corrected chi connectivity index (χ3v) is 2.83. The molecule has 3 nitrogen and oxygen atoms in total. The number of nitrogens with one attached hydrogen (secondary N) is 2. The molecule has 0 saturated carbocycles. The van der Waals surface area contributed by atoms with E-state index in [2.05, 4.69) is 10.6 Å². The highest BCUT2D eigenvalue weighted by molar-refractivity contribution is 5.81. The Balaban J connectivity index is 2.81. The van der Waals surface area contributed by atoms with Gasteiger partial charge in [-0.2, -0.15) is 13.2 Å². The molecule has 0 heterocycles. The molecule has 1 amide bonds. The van der Waals surface area contributed by atoms with E-state index in [4.69, 9.17) is 0 Å². The maximum atomic E-state index is 12.7. The molecule has 1 rings (SSSR count). The zero-order valence-corrected chi connectivity index (χ0v) is 11.5. The van der Waals surface area contributed by atoms with E-state index in [1.807, 2.05) is 0 Å². The van der Waals surface area contributed by atoms with Gasteiger partial charge in [0, 0.05) is 12.6 Å². The second kappa shape index (κ2) is 7.28. The van der Waals surface area contributed by atoms with Gasteiger partial charge >= 0.3 is 6.18 Å². The maximum Gasteiger partial charge on any atom is 0.390 e. The van der Waals surface area contributed by atoms with Crippen LogP contribution in [0.15, 0.2) is 30.3 Å². The standard InChI is InChI=1S/C14H19F3N2O/c1-3-18-13(20)10(2)19-12(9-14(15,16)17)11-7-5-4-6-8-11/h4-8,10,12,19H,3,9H2,1-2H3,(H,18,20). The van der Waals surface area contributed by atoms with Crippen LogP contribution in [-0.2, 0) is 4.79 Å². The molecule has 0 radical (unpaired) electrons. The highest BCUT2D eigenvalue weighted by atomic mass is 19.4. The summed E-state index contributed by atoms with van der Waals surface area (Å²) in [5, 5.41) is 5.32. The minimum Gasteiger partial charge on any atom is -0.355 e. The van der Waals surface area contributed by atoms with Gasteiger partial charge in [-0.05, 0) is 19.4 Å². The molecule has 2 N–H and O–H groups in total. The Morgan fingerprint density at radius 2 is 1.85 bits per heavy atom. The zero-order chi connectivity index (χ0) is 15.2. The average Bonchev–Trinajstić information content (AvgIpc) is 2.37. The second-order valence-corrected chi connectivity index (χ2v) is 4.57. The van der Waals surface area contributed by atoms with Crippen molar-refractivity contribution in [2.75, 3.05) is 6.54 Å². The zero-order valence-electron chi connectivity index (χ0n) is 11.5. The molecule has 112 valence electrons. The normalized spacial score (nSPS) is 14.7. The Morgan fingerprint density at radius 1 is 1.25 bits per heavy atom. The van der Waals surface area contributed by atoms with Crippen molar-refractivity contribution in [3.8, 4) is 0 Å². The van der Waals surface area contributed by atoms with Gasteiger partial charge in [0.25, 0.3) is 0 Å². The molecule has 0 aliphatic heterocycles. The van der Waals surface area contributed by atoms with E-state index in [1.165, 1.54) is 0 Å². The van der Waals surface area contributed by atoms with Crippen LogP contribution in [-0.4, -0.2) is 24.7 Å². The van der Waals surface area contributed by atoms with Gasteiger partial charge in [-0.15, -0.1) is 0 Å². The van der Waals surface area contributed by atoms with Crippen molar-refractivity contribution in [2.45, 2.75) is 38.5 Å². The first kappa shape index (κ1) is 16.5. The monoisotopic (exact) mass is 288 g/mol. The van der Waals surface area contributed by atoms with Crippen LogP contribution in [0.4, 0.5) is 13.2 Å². The predicted octanol–water partition coefficient (Wildman–Crippen LogP) is 2.79. The molecule has 0 aliphatic carbocycles. The fourth-order valence-corrected chi connectivity index (χ4v) is 1.89. The van der Waals surface area contributed by atoms with Crippen molar-refractivity contribution in [1.29, 1.82) is 0 Å². The number of rotatable bonds is 6. The minimum absolute atomic E-state index is 0.310. The molecule has 0 saturated heterocycles. The first-order valence-electron chi connectivity index (χ1n) is 6.49. The van der Waals surface area contributed by atoms with Crippen LogP contribution < -0.4 is 10.6 Å². The molecular formula is C14H19F3N2O. The Morgan fingerprint density at radius 3 is 2.35 bits per heavy atom. The van der Waals surface area contributed by atoms with Crippen LogP contribution in [0.2, 0.25) is 0 Å². The smallest absolute Gasteiger partial charge is 0.355 e. The van der Waals surface area contributed by atoms with Crippen LogP contribution in [0.3, 0.4) is 0 Å². The average molecular weight is 288 g/mol. The quantitative estimate of drug-likeness (QED) is 0.845. The summed E-state index contributed by atoms with van der Waals surface area (Å²) >= 11 is 0. The highest BCUT2D eigenvalue weighted by Crippen LogP contribution is 2.29. The number of likely N-dealkylation sites (N-methyl/N-ethyl adjacent to an activating group) is 1. The second-order valence-electron chi connectivity index (χ2n) is 4.57. The molecule has 0 fully saturated rings. The first-order chi connectivity index (χ1) is 9.33. The lowest BCUT2D eigenvalue weighted by Gasteiger charge is -2.24. The number of benzene rings is 1. The summed E-state index contributed by atoms with van der Waals surface area (Å²) in [6.45, 7) is 3.76. The molecule has 0 bridgehead atoms. The van der Waals surface area contributed by atoms with Gasteiger partial charge < -0.3 is 5.32 Å². The molecule has 0 spiro atoms. The Labute approximate surface area is 116 Å². The van der Waals surface area contributed by atoms with Crippen molar-refractivity contribution < 1.29 is 18.0 Å². The van der Waals surface area contributed by atoms with Gasteiger partial charge in [0.1, 0.15) is 0 Å². The number of halogens is 3. The Hall–Kier alpha value is -1.56. The van der Waals surface area contributed by atoms with Crippen LogP contribution in [0.5, 0.6) is 0 Å². The number of hydrogen-bond acceptors (Lipinski definition) is 2. The predicted molar refractivity (Wildman–Crippen MR) is 71.1 cm³/mol. The molecule has 6 heteroatoms. The fourth-order valence-electron chi connectivity index (χ4n) is 1.89. The maximum absolute atomic E-state index is 12.7. The molecule has 1 aromatic carbocycles. The van der Waals surface area contributed by atoms with E-state index in [9.17, 15) is 18.0 Å². The van der Waals surface area contributed by atoms with Crippen molar-refractivity contribution in [1.82, 2.24) is 10.6 Å². The lowest BCUT2D eigenvalue weighted by Crippen LogP contribution is -2.44. The van der Waals surface area contributed by atoms with Gasteiger partial charge in [0.05, 0.1) is 12.5 Å². The van der Waals surface area contributed by atoms with Crippen LogP contribution in [0.25, 0.3) is 0 Å². The van der Waals surface area contributed by atoms with Gasteiger partial charge in [-0.1, -0.05) is 30.3 Å². The van der Waals surface area contributed by atoms with E-state index in [0.29, 0.717) is 12.1 Å². The molecular weight excluding hydrogens is 269 g/mol. The molecule has 20 heavy (non-hydrogen) atoms. The van der Waals surface area contributed by atoms with E-state index in [1.54, 1.807) is 44.2 Å². The summed E-state index contributed by atoms with van der Waals surface area (Å²) in [5.41, 5.74) is 0.515. The van der Waals surface area contributed by atoms with E-state index >= 15 is 0 Å². The van der Waals surface area contributed by atoms with Crippen molar-refractivity contribution >= 4 is 5.91 Å². The lowest BCUT2D eigenvalue weighted by atomic mass is 10.0. The van der Waals surface area contributed by atoms with E-state index < -0.39 is 24.7 Å². The molecule has 2 atom stereocenters. The number of amides is 1. The van der Waals surface area contributed by atoms with Gasteiger partial charge in [0.15, 0.2) is 0 Å². The number of alkyl halides is 3. The largest absolute Gasteiger partial charge is 0.390 e. The summed E-state index contributed by atoms with van der Waals surface area (Å²) in [7, 11) is 0. The lowest BCUT2D eigenvalue weighted by molar-refractivity contribution is -0.142. The third kappa shape index (κ3) is 5.61. The third-order valence-electron chi connectivity index (χ3n) is 2.83. The van der Waals surface area contributed by atoms with Crippen molar-refractivity contribution in [3.05, 3.63) is 35.9 Å². The van der Waals surface area contributed by atoms with Gasteiger partial charge in [-0.3, -0.25) is 10.1 Å². The van der Waals surface area contributed by atoms with Crippen LogP contribution in [0.1, 0.15) is 31.9 Å². The van der Waals surface area contributed by atoms with E-state index in [-0.39, 0.29) is 5.91 Å². The molecule has 0 aliphatic rings. The number of carbonyl (C=O) groups excluding carboxylic acids is 1. The van der Waals surface area contributed by atoms with Gasteiger partial charge in [-0.25, -0.2) is 0 Å². The SMILES string of the molecule is CCNC(=O)C(C)NC(CC(F)(F)F)c1ccccc1.